The van der Waals surface area contributed by atoms with Crippen molar-refractivity contribution in [1.29, 1.82) is 0 Å². The van der Waals surface area contributed by atoms with E-state index in [1.807, 2.05) is 35.9 Å². The van der Waals surface area contributed by atoms with Gasteiger partial charge in [0.05, 0.1) is 5.56 Å². The Morgan fingerprint density at radius 1 is 1.03 bits per heavy atom. The predicted octanol–water partition coefficient (Wildman–Crippen LogP) is 2.58. The number of nitrogens with one attached hydrogen (secondary N) is 3. The number of para-hydroxylation sites is 2. The molecule has 29 heavy (non-hydrogen) atoms. The second-order valence-electron chi connectivity index (χ2n) is 7.23. The van der Waals surface area contributed by atoms with Gasteiger partial charge in [-0.05, 0) is 30.5 Å². The second-order valence-corrected chi connectivity index (χ2v) is 7.23. The molecule has 2 heterocycles. The lowest BCUT2D eigenvalue weighted by atomic mass is 10.2. The van der Waals surface area contributed by atoms with Crippen LogP contribution in [0, 0.1) is 0 Å². The molecule has 3 N–H and O–H groups in total. The number of hydrazine groups is 1. The number of aromatic nitrogens is 1. The van der Waals surface area contributed by atoms with Crippen molar-refractivity contribution >= 4 is 28.5 Å². The van der Waals surface area contributed by atoms with Crippen molar-refractivity contribution in [1.82, 2.24) is 20.7 Å². The fraction of sp³-hybridized carbons (Fsp3) is 0.273. The molecule has 2 aromatic carbocycles. The maximum atomic E-state index is 12.4. The van der Waals surface area contributed by atoms with Crippen LogP contribution < -0.4 is 21.1 Å². The summed E-state index contributed by atoms with van der Waals surface area (Å²) in [6.45, 7) is 2.45. The Bertz CT molecular complexity index is 1040. The van der Waals surface area contributed by atoms with Crippen molar-refractivity contribution < 1.29 is 9.59 Å². The summed E-state index contributed by atoms with van der Waals surface area (Å²) in [7, 11) is 1.89. The van der Waals surface area contributed by atoms with Crippen LogP contribution in [0.4, 0.5) is 10.5 Å². The Morgan fingerprint density at radius 2 is 1.83 bits per heavy atom. The molecule has 7 heteroatoms. The molecule has 0 spiro atoms. The summed E-state index contributed by atoms with van der Waals surface area (Å²) in [5.41, 5.74) is 9.06. The van der Waals surface area contributed by atoms with Gasteiger partial charge >= 0.3 is 6.03 Å². The molecule has 1 aliphatic rings. The number of benzene rings is 2. The molecule has 0 bridgehead atoms. The van der Waals surface area contributed by atoms with Crippen LogP contribution in [0.5, 0.6) is 0 Å². The van der Waals surface area contributed by atoms with Crippen molar-refractivity contribution in [3.05, 3.63) is 65.9 Å². The third-order valence-corrected chi connectivity index (χ3v) is 5.30. The number of rotatable bonds is 5. The summed E-state index contributed by atoms with van der Waals surface area (Å²) >= 11 is 0. The lowest BCUT2D eigenvalue weighted by molar-refractivity contribution is 0.0937. The summed E-state index contributed by atoms with van der Waals surface area (Å²) in [5.74, 6) is -0.342. The lowest BCUT2D eigenvalue weighted by Gasteiger charge is -2.19. The van der Waals surface area contributed by atoms with Gasteiger partial charge in [0, 0.05) is 49.5 Å². The van der Waals surface area contributed by atoms with Gasteiger partial charge in [0.15, 0.2) is 0 Å². The number of anilines is 1. The lowest BCUT2D eigenvalue weighted by Crippen LogP contribution is -2.47. The van der Waals surface area contributed by atoms with E-state index in [1.54, 1.807) is 6.20 Å². The van der Waals surface area contributed by atoms with Crippen molar-refractivity contribution in [3.63, 3.8) is 0 Å². The highest BCUT2D eigenvalue weighted by Crippen LogP contribution is 2.27. The Kier molecular flexibility index (Phi) is 5.37. The highest BCUT2D eigenvalue weighted by atomic mass is 16.2. The third kappa shape index (κ3) is 4.03. The van der Waals surface area contributed by atoms with E-state index in [-0.39, 0.29) is 5.91 Å². The Balaban J connectivity index is 1.21. The average Bonchev–Trinajstić information content (AvgIpc) is 3.31. The molecule has 150 valence electrons. The summed E-state index contributed by atoms with van der Waals surface area (Å²) in [6, 6.07) is 15.7. The van der Waals surface area contributed by atoms with E-state index < -0.39 is 6.03 Å². The first-order valence-corrected chi connectivity index (χ1v) is 9.84. The maximum absolute atomic E-state index is 12.4. The third-order valence-electron chi connectivity index (χ3n) is 5.30. The van der Waals surface area contributed by atoms with Crippen molar-refractivity contribution in [2.24, 2.45) is 7.05 Å². The number of carbonyl (C=O) groups excluding carboxylic acids is 2. The topological polar surface area (TPSA) is 78.4 Å². The zero-order chi connectivity index (χ0) is 20.2. The summed E-state index contributed by atoms with van der Waals surface area (Å²) in [6.07, 6.45) is 3.66. The van der Waals surface area contributed by atoms with Gasteiger partial charge in [0.1, 0.15) is 0 Å². The molecule has 7 nitrogen and oxygen atoms in total. The highest BCUT2D eigenvalue weighted by molar-refractivity contribution is 6.07. The van der Waals surface area contributed by atoms with Crippen LogP contribution in [-0.4, -0.2) is 36.1 Å². The maximum Gasteiger partial charge on any atom is 0.333 e. The molecule has 4 rings (SSSR count). The van der Waals surface area contributed by atoms with Gasteiger partial charge in [-0.2, -0.15) is 0 Å². The van der Waals surface area contributed by atoms with E-state index in [0.717, 1.165) is 36.8 Å². The fourth-order valence-electron chi connectivity index (χ4n) is 3.86. The minimum atomic E-state index is -0.416. The smallest absolute Gasteiger partial charge is 0.333 e. The van der Waals surface area contributed by atoms with E-state index in [9.17, 15) is 9.59 Å². The van der Waals surface area contributed by atoms with Crippen LogP contribution in [0.3, 0.4) is 0 Å². The first kappa shape index (κ1) is 18.9. The van der Waals surface area contributed by atoms with Gasteiger partial charge in [-0.3, -0.25) is 10.2 Å². The van der Waals surface area contributed by atoms with Crippen LogP contribution in [0.1, 0.15) is 22.3 Å². The van der Waals surface area contributed by atoms with E-state index in [4.69, 9.17) is 0 Å². The van der Waals surface area contributed by atoms with Gasteiger partial charge in [-0.15, -0.1) is 0 Å². The minimum Gasteiger partial charge on any atom is -0.371 e. The Labute approximate surface area is 169 Å². The zero-order valence-corrected chi connectivity index (χ0v) is 16.4. The first-order chi connectivity index (χ1) is 14.1. The van der Waals surface area contributed by atoms with Crippen molar-refractivity contribution in [2.45, 2.75) is 12.8 Å². The van der Waals surface area contributed by atoms with Crippen LogP contribution in [0.25, 0.3) is 10.9 Å². The van der Waals surface area contributed by atoms with Gasteiger partial charge in [0.2, 0.25) is 0 Å². The van der Waals surface area contributed by atoms with Gasteiger partial charge < -0.3 is 14.8 Å². The van der Waals surface area contributed by atoms with Crippen LogP contribution >= 0.6 is 0 Å². The van der Waals surface area contributed by atoms with E-state index in [1.165, 1.54) is 11.3 Å². The molecule has 0 radical (unpaired) electrons. The van der Waals surface area contributed by atoms with E-state index in [2.05, 4.69) is 45.3 Å². The van der Waals surface area contributed by atoms with Crippen LogP contribution in [0.2, 0.25) is 0 Å². The van der Waals surface area contributed by atoms with Crippen molar-refractivity contribution in [2.75, 3.05) is 24.5 Å². The normalized spacial score (nSPS) is 12.7. The van der Waals surface area contributed by atoms with E-state index >= 15 is 0 Å². The molecule has 0 unspecified atom stereocenters. The number of amides is 3. The number of aryl methyl sites for hydroxylation is 1. The van der Waals surface area contributed by atoms with Crippen LogP contribution in [0.15, 0.2) is 54.7 Å². The van der Waals surface area contributed by atoms with E-state index in [0.29, 0.717) is 12.1 Å². The van der Waals surface area contributed by atoms with Crippen LogP contribution in [-0.2, 0) is 13.5 Å². The molecule has 3 amide bonds. The molecular formula is C22H25N5O2. The number of urea groups is 1. The summed E-state index contributed by atoms with van der Waals surface area (Å²) in [5, 5.41) is 3.63. The summed E-state index contributed by atoms with van der Waals surface area (Å²) in [4.78, 5) is 26.8. The molecule has 0 saturated carbocycles. The quantitative estimate of drug-likeness (QED) is 0.462. The highest BCUT2D eigenvalue weighted by Gasteiger charge is 2.17. The fourth-order valence-corrected chi connectivity index (χ4v) is 3.86. The molecule has 1 aliphatic heterocycles. The SMILES string of the molecule is Cn1cc(C(=O)NNC(=O)NCCCN2CCc3ccccc32)c2ccccc21. The molecule has 0 saturated heterocycles. The second kappa shape index (κ2) is 8.26. The van der Waals surface area contributed by atoms with Gasteiger partial charge in [0.25, 0.3) is 5.91 Å². The molecule has 0 atom stereocenters. The molecule has 1 aromatic heterocycles. The number of hydrogen-bond acceptors (Lipinski definition) is 3. The first-order valence-electron chi connectivity index (χ1n) is 9.84. The summed E-state index contributed by atoms with van der Waals surface area (Å²) < 4.78 is 1.89. The molecule has 0 aliphatic carbocycles. The zero-order valence-electron chi connectivity index (χ0n) is 16.4. The number of hydrogen-bond donors (Lipinski definition) is 3. The average molecular weight is 391 g/mol. The van der Waals surface area contributed by atoms with Gasteiger partial charge in [-0.25, -0.2) is 10.2 Å². The molecule has 0 fully saturated rings. The standard InChI is InChI=1S/C22H25N5O2/c1-26-15-18(17-8-3-5-10-20(17)26)21(28)24-25-22(29)23-12-6-13-27-14-11-16-7-2-4-9-19(16)27/h2-5,7-10,15H,6,11-14H2,1H3,(H,24,28)(H2,23,25,29). The minimum absolute atomic E-state index is 0.342. The Morgan fingerprint density at radius 3 is 2.72 bits per heavy atom. The predicted molar refractivity (Wildman–Crippen MR) is 114 cm³/mol. The Hall–Kier alpha value is -3.48. The number of nitrogens with zero attached hydrogens (tertiary/aromatic N) is 2. The molecular weight excluding hydrogens is 366 g/mol. The number of fused-ring (bicyclic) bond motifs is 2. The van der Waals surface area contributed by atoms with Crippen molar-refractivity contribution in [3.8, 4) is 0 Å². The molecule has 3 aromatic rings. The monoisotopic (exact) mass is 391 g/mol. The largest absolute Gasteiger partial charge is 0.371 e. The number of carbonyl (C=O) groups is 2. The van der Waals surface area contributed by atoms with Gasteiger partial charge in [-0.1, -0.05) is 36.4 Å².